The van der Waals surface area contributed by atoms with E-state index < -0.39 is 16.2 Å². The molecule has 0 saturated heterocycles. The van der Waals surface area contributed by atoms with Gasteiger partial charge in [0, 0.05) is 40.8 Å². The van der Waals surface area contributed by atoms with Crippen LogP contribution < -0.4 is 0 Å². The standard InChI is InChI=1S/C18H30O4.C16H26O5/c1-5-17(10-19,11-20)12-22-9-8-18-7-6-14(16(18,3)4)13(2)15(18)21;1-14(2)11-4-5-16(14,13(20)12(11)19)6-7-21-10-15(3,8-17)9-18/h14,19-20H,2,5-12H2,1,3-4H3;11,17-18H,4-10H2,1-3H3. The summed E-state index contributed by atoms with van der Waals surface area (Å²) < 4.78 is 11.3. The number of carbonyl (C=O) groups excluding carboxylic acids is 3. The normalized spacial score (nSPS) is 30.7. The summed E-state index contributed by atoms with van der Waals surface area (Å²) in [6.07, 6.45) is 5.42. The summed E-state index contributed by atoms with van der Waals surface area (Å²) in [5, 5.41) is 37.3. The van der Waals surface area contributed by atoms with Crippen molar-refractivity contribution in [3.63, 3.8) is 0 Å². The highest BCUT2D eigenvalue weighted by Crippen LogP contribution is 2.67. The first kappa shape index (κ1) is 36.0. The molecule has 4 N–H and O–H groups in total. The van der Waals surface area contributed by atoms with Crippen LogP contribution in [0.25, 0.3) is 0 Å². The molecule has 4 aliphatic rings. The Labute approximate surface area is 257 Å². The minimum Gasteiger partial charge on any atom is -0.396 e. The molecule has 246 valence electrons. The fraction of sp³-hybridized carbons (Fsp3) is 0.853. The largest absolute Gasteiger partial charge is 0.396 e. The number of hydrogen-bond acceptors (Lipinski definition) is 9. The van der Waals surface area contributed by atoms with Crippen LogP contribution in [0.3, 0.4) is 0 Å². The highest BCUT2D eigenvalue weighted by atomic mass is 16.5. The van der Waals surface area contributed by atoms with Crippen molar-refractivity contribution >= 4 is 17.3 Å². The van der Waals surface area contributed by atoms with Gasteiger partial charge in [0.15, 0.2) is 5.78 Å². The van der Waals surface area contributed by atoms with Gasteiger partial charge < -0.3 is 29.9 Å². The summed E-state index contributed by atoms with van der Waals surface area (Å²) in [4.78, 5) is 37.0. The van der Waals surface area contributed by atoms with Crippen LogP contribution in [0.1, 0.15) is 86.5 Å². The first-order valence-electron chi connectivity index (χ1n) is 16.0. The van der Waals surface area contributed by atoms with Gasteiger partial charge in [-0.2, -0.15) is 0 Å². The van der Waals surface area contributed by atoms with Crippen LogP contribution in [0, 0.1) is 44.3 Å². The molecule has 0 heterocycles. The minimum absolute atomic E-state index is 0.0413. The van der Waals surface area contributed by atoms with Crippen LogP contribution in [0.2, 0.25) is 0 Å². The predicted octanol–water partition coefficient (Wildman–Crippen LogP) is 3.29. The Bertz CT molecular complexity index is 1050. The molecule has 4 saturated carbocycles. The van der Waals surface area contributed by atoms with Gasteiger partial charge in [-0.05, 0) is 67.3 Å². The predicted molar refractivity (Wildman–Crippen MR) is 162 cm³/mol. The molecule has 4 fully saturated rings. The fourth-order valence-corrected chi connectivity index (χ4v) is 8.38. The number of ether oxygens (including phenoxy) is 2. The lowest BCUT2D eigenvalue weighted by atomic mass is 9.67. The van der Waals surface area contributed by atoms with Crippen molar-refractivity contribution in [2.75, 3.05) is 52.9 Å². The second-order valence-corrected chi connectivity index (χ2v) is 15.2. The average Bonchev–Trinajstić information content (AvgIpc) is 3.51. The molecule has 0 aliphatic heterocycles. The van der Waals surface area contributed by atoms with Gasteiger partial charge in [-0.15, -0.1) is 0 Å². The van der Waals surface area contributed by atoms with Crippen molar-refractivity contribution in [1.82, 2.24) is 0 Å². The van der Waals surface area contributed by atoms with Gasteiger partial charge in [-0.3, -0.25) is 14.4 Å². The number of allylic oxidation sites excluding steroid dienone is 1. The lowest BCUT2D eigenvalue weighted by Crippen LogP contribution is -2.39. The molecule has 9 heteroatoms. The van der Waals surface area contributed by atoms with Crippen molar-refractivity contribution < 1.29 is 44.3 Å². The topological polar surface area (TPSA) is 151 Å². The molecule has 0 aromatic rings. The van der Waals surface area contributed by atoms with Gasteiger partial charge in [0.25, 0.3) is 0 Å². The van der Waals surface area contributed by atoms with E-state index in [9.17, 15) is 34.8 Å². The lowest BCUT2D eigenvalue weighted by molar-refractivity contribution is -0.142. The zero-order valence-corrected chi connectivity index (χ0v) is 27.3. The summed E-state index contributed by atoms with van der Waals surface area (Å²) in [5.74, 6) is -0.0283. The maximum absolute atomic E-state index is 12.6. The third-order valence-electron chi connectivity index (χ3n) is 12.4. The van der Waals surface area contributed by atoms with E-state index in [4.69, 9.17) is 9.47 Å². The molecule has 4 rings (SSSR count). The third kappa shape index (κ3) is 5.83. The first-order valence-corrected chi connectivity index (χ1v) is 16.0. The number of ketones is 3. The Balaban J connectivity index is 0.000000236. The Morgan fingerprint density at radius 1 is 0.767 bits per heavy atom. The molecule has 0 aromatic carbocycles. The fourth-order valence-electron chi connectivity index (χ4n) is 8.38. The van der Waals surface area contributed by atoms with Crippen LogP contribution in [-0.4, -0.2) is 90.6 Å². The molecular formula is C34H56O9. The van der Waals surface area contributed by atoms with Crippen molar-refractivity contribution in [2.45, 2.75) is 86.5 Å². The van der Waals surface area contributed by atoms with Crippen molar-refractivity contribution in [1.29, 1.82) is 0 Å². The summed E-state index contributed by atoms with van der Waals surface area (Å²) in [6.45, 7) is 17.0. The Morgan fingerprint density at radius 2 is 1.23 bits per heavy atom. The van der Waals surface area contributed by atoms with Gasteiger partial charge in [0.05, 0.1) is 39.6 Å². The van der Waals surface area contributed by atoms with Crippen LogP contribution in [0.15, 0.2) is 12.2 Å². The average molecular weight is 609 g/mol. The summed E-state index contributed by atoms with van der Waals surface area (Å²) >= 11 is 0. The monoisotopic (exact) mass is 608 g/mol. The van der Waals surface area contributed by atoms with E-state index in [2.05, 4.69) is 20.4 Å². The molecule has 4 aliphatic carbocycles. The van der Waals surface area contributed by atoms with E-state index in [1.807, 2.05) is 20.8 Å². The highest BCUT2D eigenvalue weighted by Gasteiger charge is 2.68. The quantitative estimate of drug-likeness (QED) is 0.125. The molecular weight excluding hydrogens is 552 g/mol. The molecule has 4 bridgehead atoms. The Morgan fingerprint density at radius 3 is 1.63 bits per heavy atom. The van der Waals surface area contributed by atoms with Crippen molar-refractivity contribution in [3.05, 3.63) is 12.2 Å². The third-order valence-corrected chi connectivity index (χ3v) is 12.4. The second-order valence-electron chi connectivity index (χ2n) is 15.2. The van der Waals surface area contributed by atoms with Gasteiger partial charge in [-0.25, -0.2) is 0 Å². The number of hydrogen-bond donors (Lipinski definition) is 4. The molecule has 0 radical (unpaired) electrons. The number of aliphatic hydroxyl groups is 4. The first-order chi connectivity index (χ1) is 20.0. The lowest BCUT2D eigenvalue weighted by Gasteiger charge is -2.36. The van der Waals surface area contributed by atoms with Gasteiger partial charge in [0.2, 0.25) is 11.6 Å². The van der Waals surface area contributed by atoms with Crippen LogP contribution in [0.5, 0.6) is 0 Å². The van der Waals surface area contributed by atoms with E-state index in [0.29, 0.717) is 45.0 Å². The van der Waals surface area contributed by atoms with E-state index in [-0.39, 0.29) is 72.5 Å². The smallest absolute Gasteiger partial charge is 0.205 e. The van der Waals surface area contributed by atoms with Crippen LogP contribution in [-0.2, 0) is 23.9 Å². The van der Waals surface area contributed by atoms with Gasteiger partial charge in [0.1, 0.15) is 0 Å². The van der Waals surface area contributed by atoms with E-state index in [0.717, 1.165) is 31.3 Å². The van der Waals surface area contributed by atoms with E-state index >= 15 is 0 Å². The van der Waals surface area contributed by atoms with Gasteiger partial charge in [-0.1, -0.05) is 48.1 Å². The van der Waals surface area contributed by atoms with Crippen LogP contribution >= 0.6 is 0 Å². The molecule has 0 amide bonds. The molecule has 43 heavy (non-hydrogen) atoms. The van der Waals surface area contributed by atoms with Crippen molar-refractivity contribution in [2.24, 2.45) is 44.3 Å². The zero-order valence-electron chi connectivity index (χ0n) is 27.3. The number of aliphatic hydroxyl groups excluding tert-OH is 4. The minimum atomic E-state index is -0.666. The van der Waals surface area contributed by atoms with E-state index in [1.54, 1.807) is 6.92 Å². The zero-order chi connectivity index (χ0) is 32.5. The Hall–Kier alpha value is -1.49. The summed E-state index contributed by atoms with van der Waals surface area (Å²) in [5.41, 5.74) is -1.69. The van der Waals surface area contributed by atoms with E-state index in [1.165, 1.54) is 0 Å². The molecule has 4 atom stereocenters. The highest BCUT2D eigenvalue weighted by molar-refractivity contribution is 6.43. The Kier molecular flexibility index (Phi) is 11.0. The number of Topliss-reactive ketones (excluding diaryl/α,β-unsaturated/α-hetero) is 3. The molecule has 9 nitrogen and oxygen atoms in total. The van der Waals surface area contributed by atoms with Gasteiger partial charge >= 0.3 is 0 Å². The molecule has 4 unspecified atom stereocenters. The maximum Gasteiger partial charge on any atom is 0.205 e. The summed E-state index contributed by atoms with van der Waals surface area (Å²) in [7, 11) is 0. The summed E-state index contributed by atoms with van der Waals surface area (Å²) in [6, 6.07) is 0. The SMILES string of the molecule is C=C1C(=O)C2(CCOCC(CC)(CO)CO)CCC1C2(C)C.CC(CO)(CO)COCCC12CCC(C(=O)C1=O)C2(C)C. The van der Waals surface area contributed by atoms with Crippen molar-refractivity contribution in [3.8, 4) is 0 Å². The van der Waals surface area contributed by atoms with Crippen LogP contribution in [0.4, 0.5) is 0 Å². The second kappa shape index (κ2) is 13.1. The molecule has 0 aromatic heterocycles. The number of rotatable bonds is 15. The maximum atomic E-state index is 12.6. The number of fused-ring (bicyclic) bond motifs is 4. The number of carbonyl (C=O) groups is 3. The molecule has 0 spiro atoms.